The van der Waals surface area contributed by atoms with E-state index in [9.17, 15) is 8.42 Å². The SMILES string of the molecule is N#CCS(=O)(=O)c1ccncc1. The lowest BCUT2D eigenvalue weighted by molar-refractivity contribution is 0.599. The molecule has 0 spiro atoms. The second kappa shape index (κ2) is 3.32. The third-order valence-electron chi connectivity index (χ3n) is 1.26. The first-order valence-electron chi connectivity index (χ1n) is 3.16. The minimum atomic E-state index is -3.41. The molecule has 1 aromatic rings. The molecule has 4 nitrogen and oxygen atoms in total. The Balaban J connectivity index is 3.09. The summed E-state index contributed by atoms with van der Waals surface area (Å²) in [6, 6.07) is 4.33. The van der Waals surface area contributed by atoms with Crippen molar-refractivity contribution in [1.29, 1.82) is 5.26 Å². The third kappa shape index (κ3) is 1.80. The number of sulfone groups is 1. The number of rotatable bonds is 2. The summed E-state index contributed by atoms with van der Waals surface area (Å²) in [6.07, 6.45) is 2.76. The first-order chi connectivity index (χ1) is 5.67. The molecule has 1 rings (SSSR count). The van der Waals surface area contributed by atoms with Gasteiger partial charge >= 0.3 is 0 Å². The molecule has 0 atom stereocenters. The summed E-state index contributed by atoms with van der Waals surface area (Å²) in [6.45, 7) is 0. The van der Waals surface area contributed by atoms with Crippen molar-refractivity contribution < 1.29 is 8.42 Å². The second-order valence-corrected chi connectivity index (χ2v) is 4.09. The lowest BCUT2D eigenvalue weighted by Crippen LogP contribution is -2.04. The smallest absolute Gasteiger partial charge is 0.191 e. The van der Waals surface area contributed by atoms with Crippen LogP contribution in [0.15, 0.2) is 29.4 Å². The number of nitrogens with zero attached hydrogens (tertiary/aromatic N) is 2. The number of nitriles is 1. The highest BCUT2D eigenvalue weighted by Gasteiger charge is 2.12. The Hall–Kier alpha value is -1.41. The molecule has 1 heterocycles. The minimum absolute atomic E-state index is 0.138. The van der Waals surface area contributed by atoms with Crippen LogP contribution >= 0.6 is 0 Å². The van der Waals surface area contributed by atoms with E-state index in [1.807, 2.05) is 0 Å². The molecule has 12 heavy (non-hydrogen) atoms. The number of aromatic nitrogens is 1. The molecular weight excluding hydrogens is 176 g/mol. The Morgan fingerprint density at radius 1 is 1.42 bits per heavy atom. The Kier molecular flexibility index (Phi) is 2.41. The van der Waals surface area contributed by atoms with Crippen LogP contribution in [0.1, 0.15) is 0 Å². The summed E-state index contributed by atoms with van der Waals surface area (Å²) in [5, 5.41) is 8.22. The van der Waals surface area contributed by atoms with Crippen LogP contribution in [-0.2, 0) is 9.84 Å². The zero-order valence-corrected chi connectivity index (χ0v) is 6.95. The van der Waals surface area contributed by atoms with E-state index in [0.29, 0.717) is 0 Å². The number of hydrogen-bond acceptors (Lipinski definition) is 4. The lowest BCUT2D eigenvalue weighted by atomic mass is 10.5. The van der Waals surface area contributed by atoms with Gasteiger partial charge in [-0.25, -0.2) is 8.42 Å². The molecule has 0 amide bonds. The van der Waals surface area contributed by atoms with Gasteiger partial charge in [-0.3, -0.25) is 4.98 Å². The van der Waals surface area contributed by atoms with Gasteiger partial charge in [-0.15, -0.1) is 0 Å². The van der Waals surface area contributed by atoms with Gasteiger partial charge in [0.25, 0.3) is 0 Å². The molecule has 0 bridgehead atoms. The molecule has 0 aromatic carbocycles. The minimum Gasteiger partial charge on any atom is -0.265 e. The highest BCUT2D eigenvalue weighted by molar-refractivity contribution is 7.91. The maximum absolute atomic E-state index is 11.2. The molecule has 0 saturated heterocycles. The topological polar surface area (TPSA) is 70.8 Å². The summed E-state index contributed by atoms with van der Waals surface area (Å²) < 4.78 is 22.4. The second-order valence-electron chi connectivity index (χ2n) is 2.10. The van der Waals surface area contributed by atoms with E-state index in [1.165, 1.54) is 24.5 Å². The molecule has 0 N–H and O–H groups in total. The molecule has 0 aliphatic carbocycles. The Labute approximate surface area is 70.4 Å². The van der Waals surface area contributed by atoms with Gasteiger partial charge in [0.1, 0.15) is 5.75 Å². The average Bonchev–Trinajstić information content (AvgIpc) is 2.06. The predicted molar refractivity (Wildman–Crippen MR) is 41.9 cm³/mol. The summed E-state index contributed by atoms with van der Waals surface area (Å²) in [5.41, 5.74) is 0. The van der Waals surface area contributed by atoms with E-state index in [0.717, 1.165) is 0 Å². The molecule has 1 aromatic heterocycles. The van der Waals surface area contributed by atoms with Crippen LogP contribution in [0, 0.1) is 11.3 Å². The van der Waals surface area contributed by atoms with Crippen molar-refractivity contribution in [3.8, 4) is 6.07 Å². The largest absolute Gasteiger partial charge is 0.265 e. The van der Waals surface area contributed by atoms with Gasteiger partial charge < -0.3 is 0 Å². The first-order valence-corrected chi connectivity index (χ1v) is 4.82. The molecule has 62 valence electrons. The van der Waals surface area contributed by atoms with Crippen molar-refractivity contribution >= 4 is 9.84 Å². The molecular formula is C7H6N2O2S. The monoisotopic (exact) mass is 182 g/mol. The van der Waals surface area contributed by atoms with Crippen molar-refractivity contribution in [3.05, 3.63) is 24.5 Å². The highest BCUT2D eigenvalue weighted by Crippen LogP contribution is 2.07. The van der Waals surface area contributed by atoms with Gasteiger partial charge in [0.2, 0.25) is 0 Å². The van der Waals surface area contributed by atoms with Crippen molar-refractivity contribution in [2.45, 2.75) is 4.90 Å². The van der Waals surface area contributed by atoms with E-state index in [2.05, 4.69) is 4.98 Å². The highest BCUT2D eigenvalue weighted by atomic mass is 32.2. The normalized spacial score (nSPS) is 10.6. The van der Waals surface area contributed by atoms with Crippen LogP contribution in [0.3, 0.4) is 0 Å². The Morgan fingerprint density at radius 3 is 2.50 bits per heavy atom. The van der Waals surface area contributed by atoms with E-state index in [-0.39, 0.29) is 4.90 Å². The van der Waals surface area contributed by atoms with E-state index < -0.39 is 15.6 Å². The molecule has 5 heteroatoms. The van der Waals surface area contributed by atoms with Crippen LogP contribution < -0.4 is 0 Å². The lowest BCUT2D eigenvalue weighted by Gasteiger charge is -1.96. The average molecular weight is 182 g/mol. The van der Waals surface area contributed by atoms with Gasteiger partial charge in [-0.05, 0) is 12.1 Å². The molecule has 0 aliphatic rings. The zero-order chi connectivity index (χ0) is 9.03. The van der Waals surface area contributed by atoms with Crippen LogP contribution in [0.4, 0.5) is 0 Å². The van der Waals surface area contributed by atoms with Crippen LogP contribution in [0.5, 0.6) is 0 Å². The molecule has 0 unspecified atom stereocenters. The third-order valence-corrected chi connectivity index (χ3v) is 2.76. The van der Waals surface area contributed by atoms with Crippen LogP contribution in [0.25, 0.3) is 0 Å². The van der Waals surface area contributed by atoms with Gasteiger partial charge in [-0.1, -0.05) is 0 Å². The van der Waals surface area contributed by atoms with Crippen molar-refractivity contribution in [2.24, 2.45) is 0 Å². The molecule has 0 fully saturated rings. The van der Waals surface area contributed by atoms with Crippen LogP contribution in [-0.4, -0.2) is 19.2 Å². The summed E-state index contributed by atoms with van der Waals surface area (Å²) >= 11 is 0. The van der Waals surface area contributed by atoms with E-state index in [4.69, 9.17) is 5.26 Å². The fourth-order valence-corrected chi connectivity index (χ4v) is 1.59. The number of pyridine rings is 1. The van der Waals surface area contributed by atoms with Gasteiger partial charge in [0.05, 0.1) is 11.0 Å². The Morgan fingerprint density at radius 2 is 2.00 bits per heavy atom. The van der Waals surface area contributed by atoms with Gasteiger partial charge in [0.15, 0.2) is 9.84 Å². The summed E-state index contributed by atoms with van der Waals surface area (Å²) in [5.74, 6) is -0.489. The van der Waals surface area contributed by atoms with Gasteiger partial charge in [-0.2, -0.15) is 5.26 Å². The molecule has 0 radical (unpaired) electrons. The van der Waals surface area contributed by atoms with E-state index in [1.54, 1.807) is 6.07 Å². The quantitative estimate of drug-likeness (QED) is 0.662. The van der Waals surface area contributed by atoms with E-state index >= 15 is 0 Å². The molecule has 0 saturated carbocycles. The fraction of sp³-hybridized carbons (Fsp3) is 0.143. The van der Waals surface area contributed by atoms with Crippen molar-refractivity contribution in [3.63, 3.8) is 0 Å². The Bertz CT molecular complexity index is 391. The number of hydrogen-bond donors (Lipinski definition) is 0. The van der Waals surface area contributed by atoms with Gasteiger partial charge in [0, 0.05) is 12.4 Å². The van der Waals surface area contributed by atoms with Crippen molar-refractivity contribution in [1.82, 2.24) is 4.98 Å². The summed E-state index contributed by atoms with van der Waals surface area (Å²) in [4.78, 5) is 3.81. The fourth-order valence-electron chi connectivity index (χ4n) is 0.714. The van der Waals surface area contributed by atoms with Crippen LogP contribution in [0.2, 0.25) is 0 Å². The standard InChI is InChI=1S/C7H6N2O2S/c8-3-6-12(10,11)7-1-4-9-5-2-7/h1-2,4-5H,6H2. The maximum atomic E-state index is 11.2. The molecule has 0 aliphatic heterocycles. The maximum Gasteiger partial charge on any atom is 0.191 e. The zero-order valence-electron chi connectivity index (χ0n) is 6.14. The first kappa shape index (κ1) is 8.68. The summed E-state index contributed by atoms with van der Waals surface area (Å²) in [7, 11) is -3.41. The van der Waals surface area contributed by atoms with Crippen molar-refractivity contribution in [2.75, 3.05) is 5.75 Å². The predicted octanol–water partition coefficient (Wildman–Crippen LogP) is 0.379.